The molecule has 1 fully saturated rings. The van der Waals surface area contributed by atoms with Gasteiger partial charge in [-0.25, -0.2) is 0 Å². The molecule has 0 aliphatic carbocycles. The van der Waals surface area contributed by atoms with Gasteiger partial charge in [-0.1, -0.05) is 12.1 Å². The van der Waals surface area contributed by atoms with Crippen molar-refractivity contribution in [2.45, 2.75) is 33.6 Å². The summed E-state index contributed by atoms with van der Waals surface area (Å²) in [6.07, 6.45) is 0.395. The van der Waals surface area contributed by atoms with Gasteiger partial charge in [0.25, 0.3) is 0 Å². The number of carbonyl (C=O) groups is 2. The molecule has 1 atom stereocenters. The summed E-state index contributed by atoms with van der Waals surface area (Å²) in [6, 6.07) is 15.2. The van der Waals surface area contributed by atoms with Crippen LogP contribution in [-0.2, 0) is 9.59 Å². The number of hydrogen-bond donors (Lipinski definition) is 0. The van der Waals surface area contributed by atoms with Crippen molar-refractivity contribution in [2.24, 2.45) is 5.92 Å². The zero-order chi connectivity index (χ0) is 21.7. The average Bonchev–Trinajstić information content (AvgIpc) is 3.13. The normalized spacial score (nSPS) is 15.7. The third-order valence-electron chi connectivity index (χ3n) is 5.51. The zero-order valence-electron chi connectivity index (χ0n) is 17.7. The molecule has 1 aliphatic rings. The predicted octanol–water partition coefficient (Wildman–Crippen LogP) is 4.00. The fourth-order valence-corrected chi connectivity index (χ4v) is 3.77. The van der Waals surface area contributed by atoms with Gasteiger partial charge in [-0.2, -0.15) is 5.26 Å². The standard InChI is InChI=1S/C24H27N3O3/c1-4-30-21-11-9-20(10-12-21)26(14-6-13-25)24(29)19-15-23(28)27(16-19)22-8-5-7-17(2)18(22)3/h5,7-12,19H,4,6,14-16H2,1-3H3. The molecule has 0 N–H and O–H groups in total. The summed E-state index contributed by atoms with van der Waals surface area (Å²) in [6.45, 7) is 7.12. The van der Waals surface area contributed by atoms with E-state index in [4.69, 9.17) is 10.00 Å². The molecule has 2 aromatic rings. The molecule has 6 heteroatoms. The third kappa shape index (κ3) is 4.46. The van der Waals surface area contributed by atoms with Gasteiger partial charge in [0.1, 0.15) is 5.75 Å². The lowest BCUT2D eigenvalue weighted by molar-refractivity contribution is -0.124. The highest BCUT2D eigenvalue weighted by molar-refractivity contribution is 6.04. The molecular formula is C24H27N3O3. The van der Waals surface area contributed by atoms with Gasteiger partial charge in [0.15, 0.2) is 0 Å². The Labute approximate surface area is 177 Å². The van der Waals surface area contributed by atoms with Crippen LogP contribution in [0.25, 0.3) is 0 Å². The number of ether oxygens (including phenoxy) is 1. The van der Waals surface area contributed by atoms with E-state index in [9.17, 15) is 9.59 Å². The van der Waals surface area contributed by atoms with Crippen LogP contribution in [0, 0.1) is 31.1 Å². The summed E-state index contributed by atoms with van der Waals surface area (Å²) >= 11 is 0. The molecule has 6 nitrogen and oxygen atoms in total. The van der Waals surface area contributed by atoms with Crippen molar-refractivity contribution in [3.05, 3.63) is 53.6 Å². The van der Waals surface area contributed by atoms with Crippen molar-refractivity contribution in [3.8, 4) is 11.8 Å². The maximum Gasteiger partial charge on any atom is 0.232 e. The number of amides is 2. The molecule has 1 aliphatic heterocycles. The molecule has 0 spiro atoms. The van der Waals surface area contributed by atoms with Crippen LogP contribution in [0.2, 0.25) is 0 Å². The molecule has 0 aromatic heterocycles. The molecule has 0 bridgehead atoms. The van der Waals surface area contributed by atoms with Crippen LogP contribution in [-0.4, -0.2) is 31.5 Å². The molecular weight excluding hydrogens is 378 g/mol. The van der Waals surface area contributed by atoms with Crippen molar-refractivity contribution in [2.75, 3.05) is 29.5 Å². The highest BCUT2D eigenvalue weighted by atomic mass is 16.5. The fourth-order valence-electron chi connectivity index (χ4n) is 3.77. The first-order chi connectivity index (χ1) is 14.5. The van der Waals surface area contributed by atoms with Crippen molar-refractivity contribution < 1.29 is 14.3 Å². The number of aryl methyl sites for hydroxylation is 1. The summed E-state index contributed by atoms with van der Waals surface area (Å²) < 4.78 is 5.47. The van der Waals surface area contributed by atoms with Gasteiger partial charge in [-0.05, 0) is 62.2 Å². The Morgan fingerprint density at radius 1 is 1.23 bits per heavy atom. The zero-order valence-corrected chi connectivity index (χ0v) is 17.7. The fraction of sp³-hybridized carbons (Fsp3) is 0.375. The van der Waals surface area contributed by atoms with Crippen LogP contribution in [0.1, 0.15) is 30.9 Å². The minimum absolute atomic E-state index is 0.0472. The van der Waals surface area contributed by atoms with Crippen LogP contribution in [0.3, 0.4) is 0 Å². The summed E-state index contributed by atoms with van der Waals surface area (Å²) in [5.41, 5.74) is 3.73. The highest BCUT2D eigenvalue weighted by Crippen LogP contribution is 2.31. The smallest absolute Gasteiger partial charge is 0.232 e. The van der Waals surface area contributed by atoms with Crippen LogP contribution in [0.15, 0.2) is 42.5 Å². The van der Waals surface area contributed by atoms with Crippen LogP contribution in [0.5, 0.6) is 5.75 Å². The number of nitrogens with zero attached hydrogens (tertiary/aromatic N) is 3. The number of carbonyl (C=O) groups excluding carboxylic acids is 2. The van der Waals surface area contributed by atoms with E-state index < -0.39 is 5.92 Å². The maximum atomic E-state index is 13.3. The van der Waals surface area contributed by atoms with Gasteiger partial charge in [0.2, 0.25) is 11.8 Å². The molecule has 1 saturated heterocycles. The van der Waals surface area contributed by atoms with Gasteiger partial charge in [-0.3, -0.25) is 9.59 Å². The van der Waals surface area contributed by atoms with Crippen molar-refractivity contribution in [1.82, 2.24) is 0 Å². The summed E-state index contributed by atoms with van der Waals surface area (Å²) in [5.74, 6) is 0.110. The lowest BCUT2D eigenvalue weighted by Gasteiger charge is -2.25. The molecule has 0 saturated carbocycles. The molecule has 0 radical (unpaired) electrons. The first kappa shape index (κ1) is 21.4. The van der Waals surface area contributed by atoms with Crippen molar-refractivity contribution >= 4 is 23.2 Å². The van der Waals surface area contributed by atoms with E-state index in [0.29, 0.717) is 18.8 Å². The van der Waals surface area contributed by atoms with Gasteiger partial charge < -0.3 is 14.5 Å². The number of anilines is 2. The molecule has 2 amide bonds. The third-order valence-corrected chi connectivity index (χ3v) is 5.51. The van der Waals surface area contributed by atoms with E-state index in [2.05, 4.69) is 6.07 Å². The van der Waals surface area contributed by atoms with Gasteiger partial charge in [0.05, 0.1) is 25.0 Å². The first-order valence-corrected chi connectivity index (χ1v) is 10.2. The van der Waals surface area contributed by atoms with Crippen LogP contribution < -0.4 is 14.5 Å². The number of rotatable bonds is 7. The molecule has 30 heavy (non-hydrogen) atoms. The van der Waals surface area contributed by atoms with E-state index in [1.165, 1.54) is 0 Å². The lowest BCUT2D eigenvalue weighted by Crippen LogP contribution is -2.38. The molecule has 2 aromatic carbocycles. The number of nitriles is 1. The van der Waals surface area contributed by atoms with Gasteiger partial charge in [-0.15, -0.1) is 0 Å². The SMILES string of the molecule is CCOc1ccc(N(CCC#N)C(=O)C2CC(=O)N(c3cccc(C)c3C)C2)cc1. The Kier molecular flexibility index (Phi) is 6.73. The second-order valence-corrected chi connectivity index (χ2v) is 7.45. The van der Waals surface area contributed by atoms with Gasteiger partial charge >= 0.3 is 0 Å². The first-order valence-electron chi connectivity index (χ1n) is 10.2. The van der Waals surface area contributed by atoms with E-state index in [-0.39, 0.29) is 31.2 Å². The largest absolute Gasteiger partial charge is 0.494 e. The van der Waals surface area contributed by atoms with Crippen LogP contribution in [0.4, 0.5) is 11.4 Å². The molecule has 156 valence electrons. The summed E-state index contributed by atoms with van der Waals surface area (Å²) in [5, 5.41) is 9.04. The molecule has 3 rings (SSSR count). The molecule has 1 heterocycles. The van der Waals surface area contributed by atoms with E-state index in [1.54, 1.807) is 9.80 Å². The minimum Gasteiger partial charge on any atom is -0.494 e. The number of benzene rings is 2. The van der Waals surface area contributed by atoms with Gasteiger partial charge in [0, 0.05) is 30.9 Å². The highest BCUT2D eigenvalue weighted by Gasteiger charge is 2.38. The second-order valence-electron chi connectivity index (χ2n) is 7.45. The topological polar surface area (TPSA) is 73.6 Å². The van der Waals surface area contributed by atoms with Crippen LogP contribution >= 0.6 is 0 Å². The Morgan fingerprint density at radius 3 is 2.63 bits per heavy atom. The lowest BCUT2D eigenvalue weighted by atomic mass is 10.1. The van der Waals surface area contributed by atoms with Crippen molar-refractivity contribution in [1.29, 1.82) is 5.26 Å². The Balaban J connectivity index is 1.82. The number of hydrogen-bond acceptors (Lipinski definition) is 4. The monoisotopic (exact) mass is 405 g/mol. The van der Waals surface area contributed by atoms with E-state index in [1.807, 2.05) is 63.2 Å². The Bertz CT molecular complexity index is 963. The summed E-state index contributed by atoms with van der Waals surface area (Å²) in [7, 11) is 0. The Morgan fingerprint density at radius 2 is 1.97 bits per heavy atom. The summed E-state index contributed by atoms with van der Waals surface area (Å²) in [4.78, 5) is 29.4. The maximum absolute atomic E-state index is 13.3. The second kappa shape index (κ2) is 9.45. The predicted molar refractivity (Wildman–Crippen MR) is 117 cm³/mol. The molecule has 1 unspecified atom stereocenters. The van der Waals surface area contributed by atoms with Crippen molar-refractivity contribution in [3.63, 3.8) is 0 Å². The average molecular weight is 405 g/mol. The van der Waals surface area contributed by atoms with E-state index in [0.717, 1.165) is 22.6 Å². The quantitative estimate of drug-likeness (QED) is 0.698. The van der Waals surface area contributed by atoms with E-state index >= 15 is 0 Å². The Hall–Kier alpha value is -3.33. The minimum atomic E-state index is -0.442.